The van der Waals surface area contributed by atoms with E-state index in [4.69, 9.17) is 9.15 Å². The summed E-state index contributed by atoms with van der Waals surface area (Å²) in [4.78, 5) is 33.5. The smallest absolute Gasteiger partial charge is 0.350 e. The molecule has 0 aliphatic heterocycles. The first-order chi connectivity index (χ1) is 13.6. The third-order valence-electron chi connectivity index (χ3n) is 4.01. The summed E-state index contributed by atoms with van der Waals surface area (Å²) < 4.78 is 10.5. The number of thiazole rings is 1. The lowest BCUT2D eigenvalue weighted by Crippen LogP contribution is -2.11. The Labute approximate surface area is 164 Å². The minimum absolute atomic E-state index is 0.177. The van der Waals surface area contributed by atoms with Gasteiger partial charge in [0, 0.05) is 5.56 Å². The molecule has 140 valence electrons. The van der Waals surface area contributed by atoms with Crippen LogP contribution in [0.15, 0.2) is 59.3 Å². The fraction of sp³-hybridized carbons (Fsp3) is 0.100. The number of hydrogen-bond acceptors (Lipinski definition) is 7. The highest BCUT2D eigenvalue weighted by Gasteiger charge is 2.19. The minimum Gasteiger partial charge on any atom is -0.457 e. The van der Waals surface area contributed by atoms with Gasteiger partial charge in [0.25, 0.3) is 5.91 Å². The van der Waals surface area contributed by atoms with Crippen LogP contribution in [-0.4, -0.2) is 21.8 Å². The third kappa shape index (κ3) is 3.77. The summed E-state index contributed by atoms with van der Waals surface area (Å²) in [5.41, 5.74) is 3.01. The Morgan fingerprint density at radius 3 is 2.82 bits per heavy atom. The summed E-state index contributed by atoms with van der Waals surface area (Å²) in [5.74, 6) is -0.814. The molecule has 1 amide bonds. The van der Waals surface area contributed by atoms with E-state index in [1.54, 1.807) is 25.1 Å². The Morgan fingerprint density at radius 2 is 2.00 bits per heavy atom. The van der Waals surface area contributed by atoms with Crippen molar-refractivity contribution in [2.24, 2.45) is 0 Å². The number of aromatic nitrogens is 2. The zero-order chi connectivity index (χ0) is 19.5. The summed E-state index contributed by atoms with van der Waals surface area (Å²) in [5, 5.41) is 3.04. The van der Waals surface area contributed by atoms with E-state index in [1.165, 1.54) is 6.39 Å². The largest absolute Gasteiger partial charge is 0.457 e. The van der Waals surface area contributed by atoms with E-state index in [1.807, 2.05) is 30.3 Å². The fourth-order valence-corrected chi connectivity index (χ4v) is 3.45. The summed E-state index contributed by atoms with van der Waals surface area (Å²) in [6.07, 6.45) is 1.32. The molecule has 0 bridgehead atoms. The number of nitrogens with zero attached hydrogens (tertiary/aromatic N) is 2. The number of carbonyl (C=O) groups excluding carboxylic acids is 2. The molecule has 1 N–H and O–H groups in total. The molecule has 0 aliphatic rings. The maximum absolute atomic E-state index is 12.5. The number of esters is 1. The molecular formula is C20H15N3O4S. The molecule has 4 rings (SSSR count). The van der Waals surface area contributed by atoms with Gasteiger partial charge in [-0.1, -0.05) is 41.7 Å². The van der Waals surface area contributed by atoms with E-state index in [0.717, 1.165) is 16.9 Å². The first-order valence-electron chi connectivity index (χ1n) is 8.43. The molecule has 0 radical (unpaired) electrons. The van der Waals surface area contributed by atoms with Crippen LogP contribution in [0.5, 0.6) is 0 Å². The number of oxazole rings is 1. The number of aryl methyl sites for hydroxylation is 1. The van der Waals surface area contributed by atoms with Crippen LogP contribution in [0, 0.1) is 6.92 Å². The second-order valence-corrected chi connectivity index (χ2v) is 6.98. The first-order valence-corrected chi connectivity index (χ1v) is 9.25. The Morgan fingerprint density at radius 1 is 1.18 bits per heavy atom. The fourth-order valence-electron chi connectivity index (χ4n) is 2.60. The zero-order valence-electron chi connectivity index (χ0n) is 14.8. The third-order valence-corrected chi connectivity index (χ3v) is 5.06. The summed E-state index contributed by atoms with van der Waals surface area (Å²) in [6.45, 7) is 1.88. The quantitative estimate of drug-likeness (QED) is 0.511. The van der Waals surface area contributed by atoms with Crippen LogP contribution in [0.25, 0.3) is 11.1 Å². The molecule has 8 heteroatoms. The molecular weight excluding hydrogens is 378 g/mol. The van der Waals surface area contributed by atoms with Crippen molar-refractivity contribution >= 4 is 39.4 Å². The molecule has 2 aromatic heterocycles. The van der Waals surface area contributed by atoms with Crippen molar-refractivity contribution in [1.29, 1.82) is 0 Å². The second kappa shape index (κ2) is 7.61. The molecule has 7 nitrogen and oxygen atoms in total. The maximum atomic E-state index is 12.5. The van der Waals surface area contributed by atoms with Gasteiger partial charge < -0.3 is 9.15 Å². The van der Waals surface area contributed by atoms with Crippen molar-refractivity contribution in [2.45, 2.75) is 13.5 Å². The van der Waals surface area contributed by atoms with E-state index in [9.17, 15) is 9.59 Å². The van der Waals surface area contributed by atoms with Crippen LogP contribution in [0.4, 0.5) is 5.13 Å². The van der Waals surface area contributed by atoms with Crippen LogP contribution in [0.3, 0.4) is 0 Å². The Balaban J connectivity index is 1.44. The van der Waals surface area contributed by atoms with E-state index in [-0.39, 0.29) is 12.5 Å². The van der Waals surface area contributed by atoms with Crippen LogP contribution in [-0.2, 0) is 11.3 Å². The highest BCUT2D eigenvalue weighted by molar-refractivity contribution is 7.17. The number of nitrogens with one attached hydrogen (secondary N) is 1. The van der Waals surface area contributed by atoms with Gasteiger partial charge in [0.2, 0.25) is 0 Å². The first kappa shape index (κ1) is 17.9. The van der Waals surface area contributed by atoms with Gasteiger partial charge in [-0.2, -0.15) is 0 Å². The predicted molar refractivity (Wildman–Crippen MR) is 104 cm³/mol. The molecule has 0 saturated carbocycles. The molecule has 0 aliphatic carbocycles. The van der Waals surface area contributed by atoms with Crippen molar-refractivity contribution in [3.8, 4) is 0 Å². The highest BCUT2D eigenvalue weighted by atomic mass is 32.1. The Bertz CT molecular complexity index is 1150. The topological polar surface area (TPSA) is 94.3 Å². The van der Waals surface area contributed by atoms with Gasteiger partial charge in [0.05, 0.1) is 5.69 Å². The highest BCUT2D eigenvalue weighted by Crippen LogP contribution is 2.25. The van der Waals surface area contributed by atoms with E-state index in [0.29, 0.717) is 32.4 Å². The van der Waals surface area contributed by atoms with Crippen molar-refractivity contribution in [3.63, 3.8) is 0 Å². The SMILES string of the molecule is Cc1nc(NC(=O)c2ccc3ocnc3c2)sc1C(=O)OCc1ccccc1. The molecule has 0 saturated heterocycles. The lowest BCUT2D eigenvalue weighted by Gasteiger charge is -2.03. The number of benzene rings is 2. The second-order valence-electron chi connectivity index (χ2n) is 5.98. The van der Waals surface area contributed by atoms with E-state index in [2.05, 4.69) is 15.3 Å². The molecule has 0 spiro atoms. The van der Waals surface area contributed by atoms with Crippen LogP contribution < -0.4 is 5.32 Å². The number of carbonyl (C=O) groups is 2. The molecule has 4 aromatic rings. The van der Waals surface area contributed by atoms with Crippen LogP contribution in [0.1, 0.15) is 31.3 Å². The van der Waals surface area contributed by atoms with Gasteiger partial charge in [0.15, 0.2) is 17.1 Å². The molecule has 0 unspecified atom stereocenters. The minimum atomic E-state index is -0.469. The van der Waals surface area contributed by atoms with Crippen molar-refractivity contribution in [2.75, 3.05) is 5.32 Å². The number of fused-ring (bicyclic) bond motifs is 1. The number of amides is 1. The van der Waals surface area contributed by atoms with Gasteiger partial charge in [-0.15, -0.1) is 0 Å². The van der Waals surface area contributed by atoms with Crippen LogP contribution in [0.2, 0.25) is 0 Å². The monoisotopic (exact) mass is 393 g/mol. The van der Waals surface area contributed by atoms with Gasteiger partial charge >= 0.3 is 5.97 Å². The van der Waals surface area contributed by atoms with Crippen LogP contribution >= 0.6 is 11.3 Å². The predicted octanol–water partition coefficient (Wildman–Crippen LogP) is 4.20. The van der Waals surface area contributed by atoms with Gasteiger partial charge in [-0.25, -0.2) is 14.8 Å². The summed E-state index contributed by atoms with van der Waals surface area (Å²) in [6, 6.07) is 14.4. The lowest BCUT2D eigenvalue weighted by atomic mass is 10.2. The molecule has 2 heterocycles. The molecule has 0 fully saturated rings. The van der Waals surface area contributed by atoms with Gasteiger partial charge in [-0.05, 0) is 30.7 Å². The van der Waals surface area contributed by atoms with Crippen molar-refractivity contribution in [1.82, 2.24) is 9.97 Å². The van der Waals surface area contributed by atoms with Crippen molar-refractivity contribution in [3.05, 3.63) is 76.6 Å². The lowest BCUT2D eigenvalue weighted by molar-refractivity contribution is 0.0477. The standard InChI is InChI=1S/C20H15N3O4S/c1-12-17(19(25)26-10-13-5-3-2-4-6-13)28-20(22-12)23-18(24)14-7-8-16-15(9-14)21-11-27-16/h2-9,11H,10H2,1H3,(H,22,23,24). The van der Waals surface area contributed by atoms with E-state index < -0.39 is 5.97 Å². The normalized spacial score (nSPS) is 10.8. The van der Waals surface area contributed by atoms with Crippen molar-refractivity contribution < 1.29 is 18.7 Å². The number of anilines is 1. The molecule has 28 heavy (non-hydrogen) atoms. The zero-order valence-corrected chi connectivity index (χ0v) is 15.7. The summed E-state index contributed by atoms with van der Waals surface area (Å²) in [7, 11) is 0. The average molecular weight is 393 g/mol. The Hall–Kier alpha value is -3.52. The van der Waals surface area contributed by atoms with Gasteiger partial charge in [0.1, 0.15) is 17.0 Å². The maximum Gasteiger partial charge on any atom is 0.350 e. The molecule has 2 aromatic carbocycles. The summed E-state index contributed by atoms with van der Waals surface area (Å²) >= 11 is 1.08. The Kier molecular flexibility index (Phi) is 4.86. The van der Waals surface area contributed by atoms with E-state index >= 15 is 0 Å². The number of ether oxygens (including phenoxy) is 1. The number of hydrogen-bond donors (Lipinski definition) is 1. The average Bonchev–Trinajstić information content (AvgIpc) is 3.32. The number of rotatable bonds is 5. The molecule has 0 atom stereocenters. The van der Waals surface area contributed by atoms with Gasteiger partial charge in [-0.3, -0.25) is 10.1 Å².